The Bertz CT molecular complexity index is 630. The molecule has 4 bridgehead atoms. The Kier molecular flexibility index (Phi) is 3.78. The number of nitrogens with zero attached hydrogens (tertiary/aromatic N) is 1. The molecule has 0 saturated heterocycles. The third kappa shape index (κ3) is 2.79. The lowest BCUT2D eigenvalue weighted by Crippen LogP contribution is -2.60. The average molecular weight is 349 g/mol. The smallest absolute Gasteiger partial charge is 0.343 e. The first kappa shape index (κ1) is 15.9. The monoisotopic (exact) mass is 349 g/mol. The van der Waals surface area contributed by atoms with Gasteiger partial charge in [-0.05, 0) is 74.7 Å². The highest BCUT2D eigenvalue weighted by Gasteiger charge is 2.51. The Labute approximate surface area is 145 Å². The average Bonchev–Trinajstić information content (AvgIpc) is 2.82. The quantitative estimate of drug-likeness (QED) is 0.813. The number of hydrogen-bond acceptors (Lipinski definition) is 6. The summed E-state index contributed by atoms with van der Waals surface area (Å²) < 4.78 is 9.19. The topological polar surface area (TPSA) is 94.3 Å². The van der Waals surface area contributed by atoms with Gasteiger partial charge in [0.05, 0.1) is 5.69 Å². The van der Waals surface area contributed by atoms with Crippen LogP contribution in [0.15, 0.2) is 0 Å². The summed E-state index contributed by atoms with van der Waals surface area (Å²) in [5, 5.41) is 3.53. The Hall–Kier alpha value is -1.63. The van der Waals surface area contributed by atoms with Crippen molar-refractivity contribution < 1.29 is 14.3 Å². The van der Waals surface area contributed by atoms with Crippen molar-refractivity contribution in [3.8, 4) is 0 Å². The molecule has 130 valence electrons. The number of anilines is 1. The van der Waals surface area contributed by atoms with Crippen LogP contribution in [0.3, 0.4) is 0 Å². The number of nitrogens with two attached hydrogens (primary N) is 1. The number of aromatic nitrogens is 1. The van der Waals surface area contributed by atoms with Crippen molar-refractivity contribution in [2.45, 2.75) is 51.0 Å². The summed E-state index contributed by atoms with van der Waals surface area (Å²) in [5.41, 5.74) is 6.51. The molecule has 0 unspecified atom stereocenters. The lowest BCUT2D eigenvalue weighted by molar-refractivity contribution is -0.130. The highest BCUT2D eigenvalue weighted by atomic mass is 32.1. The largest absolute Gasteiger partial charge is 0.452 e. The zero-order valence-corrected chi connectivity index (χ0v) is 14.7. The van der Waals surface area contributed by atoms with E-state index in [0.29, 0.717) is 10.7 Å². The molecule has 4 aliphatic rings. The third-order valence-electron chi connectivity index (χ3n) is 5.87. The number of esters is 1. The van der Waals surface area contributed by atoms with Gasteiger partial charge in [-0.3, -0.25) is 4.79 Å². The number of rotatable bonds is 4. The summed E-state index contributed by atoms with van der Waals surface area (Å²) >= 11 is 1.06. The zero-order chi connectivity index (χ0) is 16.9. The van der Waals surface area contributed by atoms with Crippen LogP contribution in [-0.2, 0) is 9.53 Å². The molecule has 5 rings (SSSR count). The van der Waals surface area contributed by atoms with Gasteiger partial charge in [0.25, 0.3) is 5.91 Å². The van der Waals surface area contributed by atoms with Gasteiger partial charge in [0, 0.05) is 5.54 Å². The molecule has 4 fully saturated rings. The number of nitrogen functional groups attached to an aromatic ring is 1. The van der Waals surface area contributed by atoms with E-state index in [1.165, 1.54) is 19.3 Å². The lowest BCUT2D eigenvalue weighted by atomic mass is 9.53. The molecule has 0 aromatic carbocycles. The van der Waals surface area contributed by atoms with E-state index in [-0.39, 0.29) is 23.6 Å². The molecule has 0 aliphatic heterocycles. The first-order chi connectivity index (χ1) is 11.4. The maximum absolute atomic E-state index is 12.3. The van der Waals surface area contributed by atoms with Crippen molar-refractivity contribution in [2.24, 2.45) is 17.8 Å². The van der Waals surface area contributed by atoms with Gasteiger partial charge >= 0.3 is 5.97 Å². The summed E-state index contributed by atoms with van der Waals surface area (Å²) in [6, 6.07) is 0. The van der Waals surface area contributed by atoms with Gasteiger partial charge in [0.2, 0.25) is 0 Å². The fourth-order valence-corrected chi connectivity index (χ4v) is 6.08. The van der Waals surface area contributed by atoms with Gasteiger partial charge in [0.1, 0.15) is 10.6 Å². The minimum absolute atomic E-state index is 0.0584. The van der Waals surface area contributed by atoms with Gasteiger partial charge in [-0.15, -0.1) is 0 Å². The molecule has 24 heavy (non-hydrogen) atoms. The number of carbonyl (C=O) groups excluding carboxylic acids is 2. The van der Waals surface area contributed by atoms with E-state index < -0.39 is 5.97 Å². The van der Waals surface area contributed by atoms with Crippen molar-refractivity contribution in [3.63, 3.8) is 0 Å². The van der Waals surface area contributed by atoms with Gasteiger partial charge in [-0.1, -0.05) is 0 Å². The van der Waals surface area contributed by atoms with Crippen LogP contribution in [0.2, 0.25) is 0 Å². The molecular weight excluding hydrogens is 326 g/mol. The van der Waals surface area contributed by atoms with Crippen molar-refractivity contribution in [1.29, 1.82) is 0 Å². The second-order valence-corrected chi connectivity index (χ2v) is 8.63. The zero-order valence-electron chi connectivity index (χ0n) is 13.8. The van der Waals surface area contributed by atoms with Crippen molar-refractivity contribution in [3.05, 3.63) is 11.3 Å². The fraction of sp³-hybridized carbons (Fsp3) is 0.706. The SMILES string of the molecule is Cc1nsc(N)c1C(=O)OCC(=O)NC12CC3CC(CC(C3)C1)C2. The molecule has 1 aromatic heterocycles. The lowest BCUT2D eigenvalue weighted by Gasteiger charge is -2.56. The normalized spacial score (nSPS) is 33.5. The van der Waals surface area contributed by atoms with Crippen molar-refractivity contribution in [2.75, 3.05) is 12.3 Å². The summed E-state index contributed by atoms with van der Waals surface area (Å²) in [6.07, 6.45) is 7.23. The van der Waals surface area contributed by atoms with Gasteiger partial charge in [-0.25, -0.2) is 4.79 Å². The summed E-state index contributed by atoms with van der Waals surface area (Å²) in [5.74, 6) is 1.51. The van der Waals surface area contributed by atoms with E-state index in [4.69, 9.17) is 10.5 Å². The first-order valence-corrected chi connectivity index (χ1v) is 9.41. The van der Waals surface area contributed by atoms with E-state index in [0.717, 1.165) is 48.5 Å². The molecule has 1 heterocycles. The Morgan fingerprint density at radius 2 is 1.83 bits per heavy atom. The maximum atomic E-state index is 12.3. The number of amides is 1. The van der Waals surface area contributed by atoms with Gasteiger partial charge < -0.3 is 15.8 Å². The molecule has 1 aromatic rings. The van der Waals surface area contributed by atoms with Crippen LogP contribution in [0.4, 0.5) is 5.00 Å². The standard InChI is InChI=1S/C17H23N3O3S/c1-9-14(15(18)24-20-9)16(22)23-8-13(21)19-17-5-10-2-11(6-17)4-12(3-10)7-17/h10-12H,2-8,18H2,1H3,(H,19,21). The van der Waals surface area contributed by atoms with E-state index in [9.17, 15) is 9.59 Å². The number of ether oxygens (including phenoxy) is 1. The number of nitrogens with one attached hydrogen (secondary N) is 1. The highest BCUT2D eigenvalue weighted by molar-refractivity contribution is 7.10. The summed E-state index contributed by atoms with van der Waals surface area (Å²) in [6.45, 7) is 1.45. The van der Waals surface area contributed by atoms with E-state index in [2.05, 4.69) is 9.69 Å². The van der Waals surface area contributed by atoms with Crippen molar-refractivity contribution >= 4 is 28.4 Å². The second kappa shape index (κ2) is 5.72. The molecular formula is C17H23N3O3S. The molecule has 6 nitrogen and oxygen atoms in total. The third-order valence-corrected chi connectivity index (χ3v) is 6.64. The van der Waals surface area contributed by atoms with Crippen LogP contribution in [0.1, 0.15) is 54.6 Å². The van der Waals surface area contributed by atoms with Crippen LogP contribution in [0.5, 0.6) is 0 Å². The van der Waals surface area contributed by atoms with Crippen LogP contribution >= 0.6 is 11.5 Å². The second-order valence-electron chi connectivity index (χ2n) is 7.83. The highest BCUT2D eigenvalue weighted by Crippen LogP contribution is 2.55. The Morgan fingerprint density at radius 3 is 2.33 bits per heavy atom. The Morgan fingerprint density at radius 1 is 1.25 bits per heavy atom. The predicted molar refractivity (Wildman–Crippen MR) is 90.6 cm³/mol. The Balaban J connectivity index is 1.35. The minimum Gasteiger partial charge on any atom is -0.452 e. The van der Waals surface area contributed by atoms with Crippen LogP contribution in [-0.4, -0.2) is 28.4 Å². The predicted octanol–water partition coefficient (Wildman–Crippen LogP) is 2.28. The molecule has 4 saturated carbocycles. The minimum atomic E-state index is -0.570. The van der Waals surface area contributed by atoms with Crippen LogP contribution < -0.4 is 11.1 Å². The number of carbonyl (C=O) groups is 2. The van der Waals surface area contributed by atoms with E-state index >= 15 is 0 Å². The summed E-state index contributed by atoms with van der Waals surface area (Å²) in [4.78, 5) is 24.4. The van der Waals surface area contributed by atoms with Crippen LogP contribution in [0.25, 0.3) is 0 Å². The molecule has 1 amide bonds. The van der Waals surface area contributed by atoms with Gasteiger partial charge in [0.15, 0.2) is 6.61 Å². The molecule has 4 aliphatic carbocycles. The summed E-state index contributed by atoms with van der Waals surface area (Å²) in [7, 11) is 0. The molecule has 7 heteroatoms. The van der Waals surface area contributed by atoms with E-state index in [1.54, 1.807) is 6.92 Å². The first-order valence-electron chi connectivity index (χ1n) is 8.64. The van der Waals surface area contributed by atoms with E-state index in [1.807, 2.05) is 0 Å². The van der Waals surface area contributed by atoms with Crippen LogP contribution in [0, 0.1) is 24.7 Å². The number of aryl methyl sites for hydroxylation is 1. The molecule has 0 radical (unpaired) electrons. The fourth-order valence-electron chi connectivity index (χ4n) is 5.43. The van der Waals surface area contributed by atoms with Gasteiger partial charge in [-0.2, -0.15) is 4.37 Å². The number of hydrogen-bond donors (Lipinski definition) is 2. The van der Waals surface area contributed by atoms with Crippen molar-refractivity contribution in [1.82, 2.24) is 9.69 Å². The molecule has 0 atom stereocenters. The molecule has 0 spiro atoms. The molecule has 3 N–H and O–H groups in total. The maximum Gasteiger partial charge on any atom is 0.343 e.